The van der Waals surface area contributed by atoms with Crippen LogP contribution in [-0.4, -0.2) is 17.0 Å². The molecule has 106 valence electrons. The van der Waals surface area contributed by atoms with E-state index in [2.05, 4.69) is 32.0 Å². The minimum absolute atomic E-state index is 0.337. The smallest absolute Gasteiger partial charge is 0.0674 e. The number of thioether (sulfide) groups is 1. The second-order valence-electron chi connectivity index (χ2n) is 5.05. The summed E-state index contributed by atoms with van der Waals surface area (Å²) in [6.45, 7) is 4.17. The molecule has 1 unspecified atom stereocenters. The molecule has 20 heavy (non-hydrogen) atoms. The van der Waals surface area contributed by atoms with Gasteiger partial charge in [0, 0.05) is 15.7 Å². The van der Waals surface area contributed by atoms with Gasteiger partial charge in [-0.2, -0.15) is 0 Å². The largest absolute Gasteiger partial charge is 0.392 e. The van der Waals surface area contributed by atoms with Gasteiger partial charge < -0.3 is 5.11 Å². The maximum atomic E-state index is 10.2. The first-order valence-electron chi connectivity index (χ1n) is 6.67. The molecular formula is C17H19ClOS. The number of aliphatic hydroxyl groups is 1. The molecule has 2 aromatic carbocycles. The molecule has 0 saturated heterocycles. The first kappa shape index (κ1) is 15.4. The maximum Gasteiger partial charge on any atom is 0.0674 e. The van der Waals surface area contributed by atoms with Crippen LogP contribution in [0.5, 0.6) is 0 Å². The minimum Gasteiger partial charge on any atom is -0.392 e. The Kier molecular flexibility index (Phi) is 5.53. The van der Waals surface area contributed by atoms with E-state index in [0.717, 1.165) is 9.92 Å². The molecule has 2 aromatic rings. The molecule has 0 aliphatic rings. The zero-order valence-electron chi connectivity index (χ0n) is 11.8. The summed E-state index contributed by atoms with van der Waals surface area (Å²) in [4.78, 5) is 1.13. The fourth-order valence-electron chi connectivity index (χ4n) is 2.06. The number of benzene rings is 2. The summed E-state index contributed by atoms with van der Waals surface area (Å²) in [5.41, 5.74) is 3.71. The van der Waals surface area contributed by atoms with Crippen molar-refractivity contribution in [2.75, 3.05) is 5.75 Å². The molecule has 0 amide bonds. The van der Waals surface area contributed by atoms with Crippen LogP contribution >= 0.6 is 23.4 Å². The van der Waals surface area contributed by atoms with Crippen LogP contribution in [0.15, 0.2) is 47.4 Å². The van der Waals surface area contributed by atoms with Crippen molar-refractivity contribution < 1.29 is 5.11 Å². The molecule has 0 radical (unpaired) electrons. The van der Waals surface area contributed by atoms with E-state index in [4.69, 9.17) is 11.6 Å². The predicted octanol–water partition coefficient (Wildman–Crippen LogP) is 4.65. The first-order valence-corrected chi connectivity index (χ1v) is 8.03. The Hall–Kier alpha value is -0.960. The van der Waals surface area contributed by atoms with Crippen molar-refractivity contribution in [2.24, 2.45) is 0 Å². The van der Waals surface area contributed by atoms with Gasteiger partial charge in [-0.3, -0.25) is 0 Å². The van der Waals surface area contributed by atoms with Crippen LogP contribution in [0.25, 0.3) is 0 Å². The predicted molar refractivity (Wildman–Crippen MR) is 87.8 cm³/mol. The average Bonchev–Trinajstić information content (AvgIpc) is 2.42. The van der Waals surface area contributed by atoms with Crippen molar-refractivity contribution in [3.63, 3.8) is 0 Å². The number of aryl methyl sites for hydroxylation is 2. The Balaban J connectivity index is 1.90. The molecule has 0 spiro atoms. The van der Waals surface area contributed by atoms with Crippen molar-refractivity contribution in [2.45, 2.75) is 31.3 Å². The molecule has 0 heterocycles. The Bertz CT molecular complexity index is 566. The lowest BCUT2D eigenvalue weighted by molar-refractivity contribution is 0.200. The van der Waals surface area contributed by atoms with Gasteiger partial charge in [0.1, 0.15) is 0 Å². The highest BCUT2D eigenvalue weighted by molar-refractivity contribution is 7.99. The fraction of sp³-hybridized carbons (Fsp3) is 0.294. The number of halogens is 1. The van der Waals surface area contributed by atoms with Crippen molar-refractivity contribution in [3.8, 4) is 0 Å². The zero-order valence-corrected chi connectivity index (χ0v) is 13.3. The van der Waals surface area contributed by atoms with Crippen LogP contribution in [-0.2, 0) is 6.42 Å². The second-order valence-corrected chi connectivity index (χ2v) is 6.58. The van der Waals surface area contributed by atoms with Crippen molar-refractivity contribution in [1.82, 2.24) is 0 Å². The topological polar surface area (TPSA) is 20.2 Å². The van der Waals surface area contributed by atoms with E-state index in [1.165, 1.54) is 16.7 Å². The molecule has 1 N–H and O–H groups in total. The van der Waals surface area contributed by atoms with Crippen LogP contribution < -0.4 is 0 Å². The van der Waals surface area contributed by atoms with Crippen LogP contribution in [0, 0.1) is 13.8 Å². The average molecular weight is 307 g/mol. The van der Waals surface area contributed by atoms with Crippen molar-refractivity contribution in [1.29, 1.82) is 0 Å². The summed E-state index contributed by atoms with van der Waals surface area (Å²) in [7, 11) is 0. The quantitative estimate of drug-likeness (QED) is 0.811. The number of hydrogen-bond acceptors (Lipinski definition) is 2. The molecule has 3 heteroatoms. The minimum atomic E-state index is -0.337. The van der Waals surface area contributed by atoms with E-state index in [9.17, 15) is 5.11 Å². The zero-order chi connectivity index (χ0) is 14.5. The van der Waals surface area contributed by atoms with E-state index >= 15 is 0 Å². The van der Waals surface area contributed by atoms with E-state index in [1.54, 1.807) is 11.8 Å². The van der Waals surface area contributed by atoms with Gasteiger partial charge in [-0.25, -0.2) is 0 Å². The lowest BCUT2D eigenvalue weighted by Crippen LogP contribution is -2.14. The third-order valence-electron chi connectivity index (χ3n) is 3.22. The third-order valence-corrected chi connectivity index (χ3v) is 4.63. The standard InChI is InChI=1S/C17H19ClOS/c1-12-3-4-13(2)14(9-12)10-16(19)11-20-17-7-5-15(18)6-8-17/h3-9,16,19H,10-11H2,1-2H3. The van der Waals surface area contributed by atoms with E-state index in [-0.39, 0.29) is 6.10 Å². The van der Waals surface area contributed by atoms with E-state index in [1.807, 2.05) is 24.3 Å². The summed E-state index contributed by atoms with van der Waals surface area (Å²) in [5.74, 6) is 0.689. The van der Waals surface area contributed by atoms with Gasteiger partial charge in [-0.15, -0.1) is 11.8 Å². The summed E-state index contributed by atoms with van der Waals surface area (Å²) in [5, 5.41) is 10.9. The van der Waals surface area contributed by atoms with Crippen LogP contribution in [0.4, 0.5) is 0 Å². The lowest BCUT2D eigenvalue weighted by atomic mass is 10.0. The lowest BCUT2D eigenvalue weighted by Gasteiger charge is -2.13. The fourth-order valence-corrected chi connectivity index (χ4v) is 3.01. The van der Waals surface area contributed by atoms with E-state index < -0.39 is 0 Å². The van der Waals surface area contributed by atoms with Crippen LogP contribution in [0.3, 0.4) is 0 Å². The van der Waals surface area contributed by atoms with Crippen molar-refractivity contribution in [3.05, 3.63) is 64.2 Å². The molecule has 0 aliphatic carbocycles. The number of hydrogen-bond donors (Lipinski definition) is 1. The highest BCUT2D eigenvalue weighted by Crippen LogP contribution is 2.22. The maximum absolute atomic E-state index is 10.2. The summed E-state index contributed by atoms with van der Waals surface area (Å²) < 4.78 is 0. The number of aliphatic hydroxyl groups excluding tert-OH is 1. The summed E-state index contributed by atoms with van der Waals surface area (Å²) in [6, 6.07) is 14.1. The Morgan fingerprint density at radius 2 is 1.80 bits per heavy atom. The number of rotatable bonds is 5. The molecule has 2 rings (SSSR count). The third kappa shape index (κ3) is 4.55. The highest BCUT2D eigenvalue weighted by Gasteiger charge is 2.09. The monoisotopic (exact) mass is 306 g/mol. The molecule has 1 atom stereocenters. The first-order chi connectivity index (χ1) is 9.54. The Morgan fingerprint density at radius 1 is 1.10 bits per heavy atom. The van der Waals surface area contributed by atoms with Gasteiger partial charge in [0.15, 0.2) is 0 Å². The van der Waals surface area contributed by atoms with Gasteiger partial charge >= 0.3 is 0 Å². The normalized spacial score (nSPS) is 12.4. The summed E-state index contributed by atoms with van der Waals surface area (Å²) >= 11 is 7.51. The highest BCUT2D eigenvalue weighted by atomic mass is 35.5. The summed E-state index contributed by atoms with van der Waals surface area (Å²) in [6.07, 6.45) is 0.366. The molecule has 0 saturated carbocycles. The van der Waals surface area contributed by atoms with Gasteiger partial charge in [0.2, 0.25) is 0 Å². The second kappa shape index (κ2) is 7.16. The van der Waals surface area contributed by atoms with Gasteiger partial charge in [-0.05, 0) is 55.7 Å². The molecule has 0 aliphatic heterocycles. The SMILES string of the molecule is Cc1ccc(C)c(CC(O)CSc2ccc(Cl)cc2)c1. The molecule has 1 nitrogen and oxygen atoms in total. The Morgan fingerprint density at radius 3 is 2.50 bits per heavy atom. The molecule has 0 aromatic heterocycles. The van der Waals surface area contributed by atoms with Gasteiger partial charge in [0.25, 0.3) is 0 Å². The van der Waals surface area contributed by atoms with Crippen LogP contribution in [0.2, 0.25) is 5.02 Å². The van der Waals surface area contributed by atoms with Gasteiger partial charge in [-0.1, -0.05) is 35.4 Å². The van der Waals surface area contributed by atoms with E-state index in [0.29, 0.717) is 12.2 Å². The Labute approximate surface area is 130 Å². The molecule has 0 bridgehead atoms. The van der Waals surface area contributed by atoms with Crippen LogP contribution in [0.1, 0.15) is 16.7 Å². The van der Waals surface area contributed by atoms with Gasteiger partial charge in [0.05, 0.1) is 6.10 Å². The van der Waals surface area contributed by atoms with Crippen molar-refractivity contribution >= 4 is 23.4 Å². The molecular weight excluding hydrogens is 288 g/mol. The molecule has 0 fully saturated rings.